The summed E-state index contributed by atoms with van der Waals surface area (Å²) in [5, 5.41) is 9.54. The molecule has 100 valence electrons. The Labute approximate surface area is 105 Å². The number of carbonyl (C=O) groups is 1. The van der Waals surface area contributed by atoms with Gasteiger partial charge < -0.3 is 14.9 Å². The molecule has 0 bridgehead atoms. The van der Waals surface area contributed by atoms with Crippen LogP contribution in [0.15, 0.2) is 0 Å². The fraction of sp³-hybridized carbons (Fsp3) is 0.923. The number of rotatable bonds is 6. The summed E-state index contributed by atoms with van der Waals surface area (Å²) in [6.45, 7) is 8.42. The minimum absolute atomic E-state index is 0.165. The zero-order valence-electron chi connectivity index (χ0n) is 11.2. The topological polar surface area (TPSA) is 43.8 Å². The van der Waals surface area contributed by atoms with Crippen molar-refractivity contribution in [1.82, 2.24) is 9.80 Å². The predicted octanol–water partition coefficient (Wildman–Crippen LogP) is 1.09. The monoisotopic (exact) mass is 242 g/mol. The van der Waals surface area contributed by atoms with Gasteiger partial charge >= 0.3 is 0 Å². The zero-order valence-corrected chi connectivity index (χ0v) is 11.2. The Morgan fingerprint density at radius 3 is 2.71 bits per heavy atom. The van der Waals surface area contributed by atoms with E-state index in [2.05, 4.69) is 4.90 Å². The van der Waals surface area contributed by atoms with Crippen LogP contribution in [0.3, 0.4) is 0 Å². The first-order valence-electron chi connectivity index (χ1n) is 6.85. The fourth-order valence-corrected chi connectivity index (χ4v) is 2.42. The lowest BCUT2D eigenvalue weighted by atomic mass is 10.1. The van der Waals surface area contributed by atoms with Crippen molar-refractivity contribution in [1.29, 1.82) is 0 Å². The molecule has 4 nitrogen and oxygen atoms in total. The van der Waals surface area contributed by atoms with Crippen molar-refractivity contribution in [3.05, 3.63) is 0 Å². The van der Waals surface area contributed by atoms with Crippen LogP contribution in [0.2, 0.25) is 0 Å². The molecule has 0 aromatic carbocycles. The van der Waals surface area contributed by atoms with E-state index in [0.29, 0.717) is 6.42 Å². The maximum Gasteiger partial charge on any atom is 0.222 e. The summed E-state index contributed by atoms with van der Waals surface area (Å²) in [5.41, 5.74) is 0. The van der Waals surface area contributed by atoms with Gasteiger partial charge in [-0.05, 0) is 46.2 Å². The number of aliphatic hydroxyl groups excluding tert-OH is 1. The molecule has 17 heavy (non-hydrogen) atoms. The Kier molecular flexibility index (Phi) is 6.52. The van der Waals surface area contributed by atoms with Crippen molar-refractivity contribution in [3.8, 4) is 0 Å². The average molecular weight is 242 g/mol. The Morgan fingerprint density at radius 2 is 2.12 bits per heavy atom. The van der Waals surface area contributed by atoms with Crippen molar-refractivity contribution >= 4 is 5.91 Å². The van der Waals surface area contributed by atoms with Gasteiger partial charge in [-0.25, -0.2) is 0 Å². The first-order chi connectivity index (χ1) is 8.17. The Bertz CT molecular complexity index is 229. The molecule has 1 rings (SSSR count). The molecule has 4 heteroatoms. The molecule has 1 amide bonds. The zero-order chi connectivity index (χ0) is 12.7. The Morgan fingerprint density at radius 1 is 1.41 bits per heavy atom. The number of β-amino-alcohol motifs (C(OH)–C–C–N with tert-alkyl or cyclic N) is 1. The normalized spacial score (nSPS) is 21.5. The van der Waals surface area contributed by atoms with Crippen molar-refractivity contribution in [2.24, 2.45) is 0 Å². The summed E-state index contributed by atoms with van der Waals surface area (Å²) >= 11 is 0. The van der Waals surface area contributed by atoms with Crippen LogP contribution >= 0.6 is 0 Å². The summed E-state index contributed by atoms with van der Waals surface area (Å²) in [7, 11) is 0. The van der Waals surface area contributed by atoms with E-state index in [-0.39, 0.29) is 12.0 Å². The largest absolute Gasteiger partial charge is 0.392 e. The second-order valence-corrected chi connectivity index (χ2v) is 4.77. The molecule has 1 N–H and O–H groups in total. The third-order valence-corrected chi connectivity index (χ3v) is 3.46. The molecule has 0 saturated carbocycles. The van der Waals surface area contributed by atoms with E-state index in [9.17, 15) is 9.90 Å². The fourth-order valence-electron chi connectivity index (χ4n) is 2.42. The van der Waals surface area contributed by atoms with Crippen molar-refractivity contribution < 1.29 is 9.90 Å². The van der Waals surface area contributed by atoms with E-state index < -0.39 is 0 Å². The molecule has 1 heterocycles. The number of piperidine rings is 1. The molecule has 1 aliphatic rings. The highest BCUT2D eigenvalue weighted by Gasteiger charge is 2.17. The van der Waals surface area contributed by atoms with Gasteiger partial charge in [-0.3, -0.25) is 4.79 Å². The van der Waals surface area contributed by atoms with Crippen molar-refractivity contribution in [2.45, 2.75) is 45.6 Å². The van der Waals surface area contributed by atoms with Crippen LogP contribution in [0, 0.1) is 0 Å². The number of likely N-dealkylation sites (tertiary alicyclic amines) is 1. The molecule has 1 fully saturated rings. The van der Waals surface area contributed by atoms with Crippen molar-refractivity contribution in [2.75, 3.05) is 32.7 Å². The van der Waals surface area contributed by atoms with E-state index in [1.807, 2.05) is 18.7 Å². The van der Waals surface area contributed by atoms with E-state index in [0.717, 1.165) is 52.0 Å². The highest BCUT2D eigenvalue weighted by atomic mass is 16.3. The molecule has 0 aromatic heterocycles. The SMILES string of the molecule is CCN(CC)C(=O)CCCN1CCCC(O)C1. The van der Waals surface area contributed by atoms with Crippen LogP contribution in [0.5, 0.6) is 0 Å². The van der Waals surface area contributed by atoms with Gasteiger partial charge in [0.15, 0.2) is 0 Å². The van der Waals surface area contributed by atoms with Gasteiger partial charge in [0.1, 0.15) is 0 Å². The summed E-state index contributed by atoms with van der Waals surface area (Å²) < 4.78 is 0. The molecule has 0 aliphatic carbocycles. The predicted molar refractivity (Wildman–Crippen MR) is 68.8 cm³/mol. The van der Waals surface area contributed by atoms with Crippen LogP contribution in [0.4, 0.5) is 0 Å². The quantitative estimate of drug-likeness (QED) is 0.758. The number of nitrogens with zero attached hydrogens (tertiary/aromatic N) is 2. The van der Waals surface area contributed by atoms with Crippen LogP contribution in [-0.4, -0.2) is 59.6 Å². The lowest BCUT2D eigenvalue weighted by Crippen LogP contribution is -2.39. The van der Waals surface area contributed by atoms with E-state index in [1.165, 1.54) is 0 Å². The lowest BCUT2D eigenvalue weighted by molar-refractivity contribution is -0.131. The Balaban J connectivity index is 2.16. The summed E-state index contributed by atoms with van der Waals surface area (Å²) in [4.78, 5) is 15.9. The van der Waals surface area contributed by atoms with Gasteiger partial charge in [0.2, 0.25) is 5.91 Å². The third kappa shape index (κ3) is 5.04. The highest BCUT2D eigenvalue weighted by Crippen LogP contribution is 2.10. The minimum Gasteiger partial charge on any atom is -0.392 e. The second-order valence-electron chi connectivity index (χ2n) is 4.77. The molecular formula is C13H26N2O2. The minimum atomic E-state index is -0.165. The van der Waals surface area contributed by atoms with Gasteiger partial charge in [0.05, 0.1) is 6.10 Å². The summed E-state index contributed by atoms with van der Waals surface area (Å²) in [6, 6.07) is 0. The molecule has 0 radical (unpaired) electrons. The number of carbonyl (C=O) groups excluding carboxylic acids is 1. The third-order valence-electron chi connectivity index (χ3n) is 3.46. The van der Waals surface area contributed by atoms with Gasteiger partial charge in [0.25, 0.3) is 0 Å². The van der Waals surface area contributed by atoms with Crippen LogP contribution in [0.25, 0.3) is 0 Å². The smallest absolute Gasteiger partial charge is 0.222 e. The van der Waals surface area contributed by atoms with Crippen LogP contribution in [0.1, 0.15) is 39.5 Å². The molecular weight excluding hydrogens is 216 g/mol. The van der Waals surface area contributed by atoms with E-state index >= 15 is 0 Å². The van der Waals surface area contributed by atoms with Gasteiger partial charge in [-0.15, -0.1) is 0 Å². The van der Waals surface area contributed by atoms with Crippen molar-refractivity contribution in [3.63, 3.8) is 0 Å². The first kappa shape index (κ1) is 14.5. The lowest BCUT2D eigenvalue weighted by Gasteiger charge is -2.30. The summed E-state index contributed by atoms with van der Waals surface area (Å²) in [6.07, 6.45) is 3.37. The summed E-state index contributed by atoms with van der Waals surface area (Å²) in [5.74, 6) is 0.257. The average Bonchev–Trinajstić information content (AvgIpc) is 2.30. The molecule has 1 saturated heterocycles. The number of aliphatic hydroxyl groups is 1. The van der Waals surface area contributed by atoms with Gasteiger partial charge in [0, 0.05) is 26.1 Å². The molecule has 0 spiro atoms. The number of hydrogen-bond donors (Lipinski definition) is 1. The van der Waals surface area contributed by atoms with E-state index in [4.69, 9.17) is 0 Å². The standard InChI is InChI=1S/C13H26N2O2/c1-3-15(4-2)13(17)8-6-10-14-9-5-7-12(16)11-14/h12,16H,3-11H2,1-2H3. The maximum absolute atomic E-state index is 11.8. The van der Waals surface area contributed by atoms with E-state index in [1.54, 1.807) is 0 Å². The van der Waals surface area contributed by atoms with Gasteiger partial charge in [-0.2, -0.15) is 0 Å². The molecule has 0 aromatic rings. The number of amides is 1. The van der Waals surface area contributed by atoms with Gasteiger partial charge in [-0.1, -0.05) is 0 Å². The van der Waals surface area contributed by atoms with Crippen LogP contribution < -0.4 is 0 Å². The van der Waals surface area contributed by atoms with Crippen LogP contribution in [-0.2, 0) is 4.79 Å². The molecule has 1 unspecified atom stereocenters. The maximum atomic E-state index is 11.8. The molecule has 1 aliphatic heterocycles. The number of hydrogen-bond acceptors (Lipinski definition) is 3. The molecule has 1 atom stereocenters. The highest BCUT2D eigenvalue weighted by molar-refractivity contribution is 5.76. The second kappa shape index (κ2) is 7.67. The Hall–Kier alpha value is -0.610. The first-order valence-corrected chi connectivity index (χ1v) is 6.85.